The Balaban J connectivity index is 2.04. The van der Waals surface area contributed by atoms with Gasteiger partial charge in [0.1, 0.15) is 5.02 Å². The lowest BCUT2D eigenvalue weighted by atomic mass is 10.0. The maximum absolute atomic E-state index is 12.1. The van der Waals surface area contributed by atoms with Gasteiger partial charge in [0.05, 0.1) is 4.90 Å². The number of pyridine rings is 1. The topological polar surface area (TPSA) is 88.3 Å². The maximum atomic E-state index is 12.1. The second kappa shape index (κ2) is 5.85. The van der Waals surface area contributed by atoms with Crippen LogP contribution in [0.3, 0.4) is 0 Å². The molecule has 0 unspecified atom stereocenters. The molecule has 1 aromatic rings. The highest BCUT2D eigenvalue weighted by molar-refractivity contribution is 7.89. The summed E-state index contributed by atoms with van der Waals surface area (Å²) in [4.78, 5) is 13.4. The first kappa shape index (κ1) is 15.5. The van der Waals surface area contributed by atoms with E-state index in [4.69, 9.17) is 16.3 Å². The van der Waals surface area contributed by atoms with Crippen LogP contribution in [0, 0.1) is 5.41 Å². The monoisotopic (exact) mass is 320 g/mol. The van der Waals surface area contributed by atoms with Crippen LogP contribution in [0.25, 0.3) is 0 Å². The summed E-state index contributed by atoms with van der Waals surface area (Å²) in [6.45, 7) is 0.988. The van der Waals surface area contributed by atoms with Crippen LogP contribution in [-0.2, 0) is 14.8 Å². The summed E-state index contributed by atoms with van der Waals surface area (Å²) >= 11 is 5.64. The Hall–Kier alpha value is -0.890. The lowest BCUT2D eigenvalue weighted by molar-refractivity contribution is 0.173. The van der Waals surface area contributed by atoms with Crippen molar-refractivity contribution in [2.75, 3.05) is 20.3 Å². The Bertz CT molecular complexity index is 637. The number of rotatable bonds is 7. The highest BCUT2D eigenvalue weighted by Crippen LogP contribution is 2.48. The van der Waals surface area contributed by atoms with Crippen LogP contribution < -0.4 is 10.3 Å². The quantitative estimate of drug-likeness (QED) is 0.788. The lowest BCUT2D eigenvalue weighted by Crippen LogP contribution is -2.31. The molecule has 1 heterocycles. The van der Waals surface area contributed by atoms with Crippen molar-refractivity contribution in [2.45, 2.75) is 24.2 Å². The number of ether oxygens (including phenoxy) is 1. The molecule has 0 radical (unpaired) electrons. The lowest BCUT2D eigenvalue weighted by Gasteiger charge is -2.15. The van der Waals surface area contributed by atoms with E-state index in [2.05, 4.69) is 9.71 Å². The molecular formula is C12H17ClN2O4S. The van der Waals surface area contributed by atoms with Gasteiger partial charge in [-0.05, 0) is 30.7 Å². The van der Waals surface area contributed by atoms with Crippen molar-refractivity contribution in [3.63, 3.8) is 0 Å². The fourth-order valence-electron chi connectivity index (χ4n) is 1.93. The van der Waals surface area contributed by atoms with Crippen LogP contribution in [0.2, 0.25) is 5.02 Å². The number of aromatic nitrogens is 1. The minimum atomic E-state index is -3.66. The van der Waals surface area contributed by atoms with Crippen LogP contribution in [0.1, 0.15) is 19.3 Å². The molecule has 0 bridgehead atoms. The Morgan fingerprint density at radius 2 is 2.20 bits per heavy atom. The van der Waals surface area contributed by atoms with Crippen molar-refractivity contribution in [3.05, 3.63) is 27.6 Å². The van der Waals surface area contributed by atoms with E-state index >= 15 is 0 Å². The summed E-state index contributed by atoms with van der Waals surface area (Å²) in [5.74, 6) is 0. The smallest absolute Gasteiger partial charge is 0.266 e. The van der Waals surface area contributed by atoms with Crippen molar-refractivity contribution in [2.24, 2.45) is 5.41 Å². The van der Waals surface area contributed by atoms with Crippen molar-refractivity contribution in [1.82, 2.24) is 9.71 Å². The largest absolute Gasteiger partial charge is 0.385 e. The normalized spacial score (nSPS) is 17.1. The minimum Gasteiger partial charge on any atom is -0.385 e. The molecule has 1 saturated carbocycles. The molecule has 112 valence electrons. The number of sulfonamides is 1. The van der Waals surface area contributed by atoms with Gasteiger partial charge in [-0.3, -0.25) is 4.79 Å². The van der Waals surface area contributed by atoms with Crippen LogP contribution in [0.4, 0.5) is 0 Å². The van der Waals surface area contributed by atoms with E-state index in [1.165, 1.54) is 0 Å². The van der Waals surface area contributed by atoms with Gasteiger partial charge in [-0.15, -0.1) is 0 Å². The molecule has 1 aliphatic rings. The zero-order chi connectivity index (χ0) is 14.8. The van der Waals surface area contributed by atoms with E-state index in [-0.39, 0.29) is 15.3 Å². The maximum Gasteiger partial charge on any atom is 0.266 e. The fourth-order valence-corrected chi connectivity index (χ4v) is 3.32. The first-order chi connectivity index (χ1) is 9.38. The van der Waals surface area contributed by atoms with E-state index in [0.717, 1.165) is 31.5 Å². The third kappa shape index (κ3) is 3.60. The van der Waals surface area contributed by atoms with Crippen LogP contribution >= 0.6 is 11.6 Å². The van der Waals surface area contributed by atoms with Crippen molar-refractivity contribution in [1.29, 1.82) is 0 Å². The second-order valence-electron chi connectivity index (χ2n) is 5.08. The van der Waals surface area contributed by atoms with Gasteiger partial charge >= 0.3 is 0 Å². The second-order valence-corrected chi connectivity index (χ2v) is 7.25. The SMILES string of the molecule is COCCC1(CNS(=O)(=O)c2c[nH]c(=O)c(Cl)c2)CC1. The minimum absolute atomic E-state index is 0.00899. The third-order valence-electron chi connectivity index (χ3n) is 3.57. The van der Waals surface area contributed by atoms with Gasteiger partial charge in [-0.25, -0.2) is 13.1 Å². The standard InChI is InChI=1S/C12H17ClN2O4S/c1-19-5-4-12(2-3-12)8-15-20(17,18)9-6-10(13)11(16)14-7-9/h6-7,15H,2-5,8H2,1H3,(H,14,16). The Labute approximate surface area is 122 Å². The van der Waals surface area contributed by atoms with Gasteiger partial charge in [0.15, 0.2) is 0 Å². The van der Waals surface area contributed by atoms with E-state index in [0.29, 0.717) is 13.2 Å². The molecule has 0 aromatic carbocycles. The molecule has 1 aromatic heterocycles. The van der Waals surface area contributed by atoms with Gasteiger partial charge in [0, 0.05) is 26.5 Å². The molecular weight excluding hydrogens is 304 g/mol. The van der Waals surface area contributed by atoms with Gasteiger partial charge in [0.25, 0.3) is 5.56 Å². The average Bonchev–Trinajstić information content (AvgIpc) is 3.18. The zero-order valence-electron chi connectivity index (χ0n) is 11.1. The highest BCUT2D eigenvalue weighted by Gasteiger charge is 2.42. The predicted molar refractivity (Wildman–Crippen MR) is 75.4 cm³/mol. The van der Waals surface area contributed by atoms with Gasteiger partial charge in [-0.2, -0.15) is 0 Å². The number of hydrogen-bond acceptors (Lipinski definition) is 4. The zero-order valence-corrected chi connectivity index (χ0v) is 12.7. The van der Waals surface area contributed by atoms with E-state index in [1.54, 1.807) is 7.11 Å². The number of hydrogen-bond donors (Lipinski definition) is 2. The third-order valence-corrected chi connectivity index (χ3v) is 5.23. The molecule has 2 rings (SSSR count). The first-order valence-electron chi connectivity index (χ1n) is 6.25. The fraction of sp³-hybridized carbons (Fsp3) is 0.583. The van der Waals surface area contributed by atoms with Gasteiger partial charge in [0.2, 0.25) is 10.0 Å². The molecule has 20 heavy (non-hydrogen) atoms. The van der Waals surface area contributed by atoms with E-state index < -0.39 is 15.6 Å². The molecule has 1 aliphatic carbocycles. The van der Waals surface area contributed by atoms with Gasteiger partial charge < -0.3 is 9.72 Å². The van der Waals surface area contributed by atoms with Gasteiger partial charge in [-0.1, -0.05) is 11.6 Å². The number of aromatic amines is 1. The molecule has 2 N–H and O–H groups in total. The molecule has 0 amide bonds. The highest BCUT2D eigenvalue weighted by atomic mass is 35.5. The summed E-state index contributed by atoms with van der Waals surface area (Å²) in [6, 6.07) is 1.15. The Morgan fingerprint density at radius 3 is 2.75 bits per heavy atom. The predicted octanol–water partition coefficient (Wildman–Crippen LogP) is 1.12. The van der Waals surface area contributed by atoms with E-state index in [1.807, 2.05) is 0 Å². The average molecular weight is 321 g/mol. The molecule has 0 atom stereocenters. The van der Waals surface area contributed by atoms with Crippen molar-refractivity contribution < 1.29 is 13.2 Å². The number of H-pyrrole nitrogens is 1. The molecule has 0 aliphatic heterocycles. The number of methoxy groups -OCH3 is 1. The molecule has 6 nitrogen and oxygen atoms in total. The Morgan fingerprint density at radius 1 is 1.50 bits per heavy atom. The number of halogens is 1. The number of nitrogens with one attached hydrogen (secondary N) is 2. The van der Waals surface area contributed by atoms with Crippen molar-refractivity contribution in [3.8, 4) is 0 Å². The van der Waals surface area contributed by atoms with Crippen molar-refractivity contribution >= 4 is 21.6 Å². The Kier molecular flexibility index (Phi) is 4.53. The first-order valence-corrected chi connectivity index (χ1v) is 8.12. The summed E-state index contributed by atoms with van der Waals surface area (Å²) in [7, 11) is -2.04. The molecule has 0 spiro atoms. The molecule has 1 fully saturated rings. The summed E-state index contributed by atoms with van der Waals surface area (Å²) in [5, 5.41) is -0.145. The molecule has 0 saturated heterocycles. The summed E-state index contributed by atoms with van der Waals surface area (Å²) < 4.78 is 31.8. The molecule has 8 heteroatoms. The summed E-state index contributed by atoms with van der Waals surface area (Å²) in [6.07, 6.45) is 3.96. The van der Waals surface area contributed by atoms with Crippen LogP contribution in [-0.4, -0.2) is 33.7 Å². The van der Waals surface area contributed by atoms with E-state index in [9.17, 15) is 13.2 Å². The van der Waals surface area contributed by atoms with Crippen LogP contribution in [0.15, 0.2) is 22.0 Å². The van der Waals surface area contributed by atoms with Crippen LogP contribution in [0.5, 0.6) is 0 Å². The summed E-state index contributed by atoms with van der Waals surface area (Å²) in [5.41, 5.74) is -0.501.